The molecule has 2 aromatic carbocycles. The topological polar surface area (TPSA) is 81.6 Å². The fourth-order valence-electron chi connectivity index (χ4n) is 5.04. The van der Waals surface area contributed by atoms with Crippen molar-refractivity contribution < 1.29 is 23.8 Å². The number of hydrogen-bond donors (Lipinski definition) is 4. The van der Waals surface area contributed by atoms with Crippen LogP contribution in [0.3, 0.4) is 0 Å². The molecule has 0 saturated heterocycles. The van der Waals surface area contributed by atoms with Crippen molar-refractivity contribution in [2.24, 2.45) is 11.3 Å². The van der Waals surface area contributed by atoms with E-state index in [1.54, 1.807) is 0 Å². The zero-order chi connectivity index (χ0) is 25.8. The first-order valence-corrected chi connectivity index (χ1v) is 12.3. The van der Waals surface area contributed by atoms with Crippen LogP contribution in [0, 0.1) is 23.0 Å². The van der Waals surface area contributed by atoms with Crippen molar-refractivity contribution in [3.05, 3.63) is 70.3 Å². The van der Waals surface area contributed by atoms with E-state index in [0.29, 0.717) is 5.56 Å². The summed E-state index contributed by atoms with van der Waals surface area (Å²) < 4.78 is 27.3. The van der Waals surface area contributed by atoms with Gasteiger partial charge in [-0.15, -0.1) is 0 Å². The molecule has 0 bridgehead atoms. The van der Waals surface area contributed by atoms with E-state index in [1.807, 2.05) is 0 Å². The van der Waals surface area contributed by atoms with Crippen LogP contribution in [-0.4, -0.2) is 41.4 Å². The van der Waals surface area contributed by atoms with Crippen molar-refractivity contribution in [1.29, 1.82) is 0 Å². The van der Waals surface area contributed by atoms with E-state index in [2.05, 4.69) is 49.6 Å². The molecule has 5 nitrogen and oxygen atoms in total. The Morgan fingerprint density at radius 2 is 1.80 bits per heavy atom. The van der Waals surface area contributed by atoms with E-state index in [9.17, 15) is 23.8 Å². The van der Waals surface area contributed by atoms with Gasteiger partial charge in [-0.3, -0.25) is 4.79 Å². The third-order valence-electron chi connectivity index (χ3n) is 6.55. The second-order valence-corrected chi connectivity index (χ2v) is 11.0. The number of aryl methyl sites for hydroxylation is 1. The van der Waals surface area contributed by atoms with E-state index >= 15 is 0 Å². The number of carbonyl (C=O) groups is 1. The largest absolute Gasteiger partial charge is 0.396 e. The van der Waals surface area contributed by atoms with Crippen LogP contribution in [0.5, 0.6) is 0 Å². The molecule has 192 valence electrons. The third kappa shape index (κ3) is 7.82. The lowest BCUT2D eigenvalue weighted by Crippen LogP contribution is -2.49. The zero-order valence-electron chi connectivity index (χ0n) is 21.1. The van der Waals surface area contributed by atoms with Crippen LogP contribution in [-0.2, 0) is 24.1 Å². The van der Waals surface area contributed by atoms with Crippen LogP contribution >= 0.6 is 0 Å². The van der Waals surface area contributed by atoms with E-state index < -0.39 is 23.8 Å². The summed E-state index contributed by atoms with van der Waals surface area (Å²) in [5.41, 5.74) is 4.08. The number of benzene rings is 2. The van der Waals surface area contributed by atoms with Gasteiger partial charge < -0.3 is 20.8 Å². The van der Waals surface area contributed by atoms with Crippen molar-refractivity contribution in [3.8, 4) is 0 Å². The molecular weight excluding hydrogens is 450 g/mol. The molecule has 4 N–H and O–H groups in total. The summed E-state index contributed by atoms with van der Waals surface area (Å²) in [6.07, 6.45) is 1.71. The molecule has 2 aromatic rings. The minimum absolute atomic E-state index is 0.00359. The minimum atomic E-state index is -1.01. The van der Waals surface area contributed by atoms with Crippen LogP contribution in [0.2, 0.25) is 0 Å². The van der Waals surface area contributed by atoms with E-state index in [1.165, 1.54) is 30.2 Å². The first-order valence-electron chi connectivity index (χ1n) is 12.3. The molecule has 0 fully saturated rings. The van der Waals surface area contributed by atoms with Gasteiger partial charge in [0.05, 0.1) is 12.1 Å². The normalized spacial score (nSPS) is 19.7. The first-order chi connectivity index (χ1) is 16.4. The Balaban J connectivity index is 1.78. The zero-order valence-corrected chi connectivity index (χ0v) is 21.1. The number of rotatable bonds is 9. The van der Waals surface area contributed by atoms with Crippen LogP contribution < -0.4 is 10.6 Å². The van der Waals surface area contributed by atoms with E-state index in [0.717, 1.165) is 30.9 Å². The molecule has 0 saturated carbocycles. The smallest absolute Gasteiger partial charge is 0.217 e. The molecular formula is C28H38F2N2O3. The van der Waals surface area contributed by atoms with E-state index in [4.69, 9.17) is 0 Å². The summed E-state index contributed by atoms with van der Waals surface area (Å²) in [4.78, 5) is 11.8. The standard InChI is InChI=1S/C28H38F2N2O3/c1-17(34)32-25(12-19-9-22(29)13-23(30)10-19)26(35)15-31-27-21(16-33)8-7-20-6-5-18(11-24(20)27)14-28(2,3)4/h5-6,9-11,13,21,25-27,31,33,35H,7-8,12,14-16H2,1-4H3,(H,32,34). The van der Waals surface area contributed by atoms with Crippen LogP contribution in [0.4, 0.5) is 8.78 Å². The molecule has 1 aliphatic carbocycles. The highest BCUT2D eigenvalue weighted by molar-refractivity contribution is 5.73. The third-order valence-corrected chi connectivity index (χ3v) is 6.55. The van der Waals surface area contributed by atoms with Crippen molar-refractivity contribution in [2.45, 2.75) is 71.6 Å². The molecule has 0 radical (unpaired) electrons. The van der Waals surface area contributed by atoms with Crippen LogP contribution in [0.15, 0.2) is 36.4 Å². The number of carbonyl (C=O) groups excluding carboxylic acids is 1. The van der Waals surface area contributed by atoms with Gasteiger partial charge in [0, 0.05) is 38.1 Å². The number of hydrogen-bond acceptors (Lipinski definition) is 4. The highest BCUT2D eigenvalue weighted by atomic mass is 19.1. The number of nitrogens with one attached hydrogen (secondary N) is 2. The van der Waals surface area contributed by atoms with Gasteiger partial charge in [-0.1, -0.05) is 39.0 Å². The number of aliphatic hydroxyl groups is 2. The van der Waals surface area contributed by atoms with Gasteiger partial charge in [-0.2, -0.15) is 0 Å². The maximum absolute atomic E-state index is 13.7. The lowest BCUT2D eigenvalue weighted by Gasteiger charge is -2.35. The van der Waals surface area contributed by atoms with Gasteiger partial charge in [-0.25, -0.2) is 8.78 Å². The number of aliphatic hydroxyl groups excluding tert-OH is 2. The predicted molar refractivity (Wildman–Crippen MR) is 133 cm³/mol. The Kier molecular flexibility index (Phi) is 9.02. The summed E-state index contributed by atoms with van der Waals surface area (Å²) >= 11 is 0. The highest BCUT2D eigenvalue weighted by Crippen LogP contribution is 2.36. The Hall–Kier alpha value is -2.35. The van der Waals surface area contributed by atoms with Crippen molar-refractivity contribution >= 4 is 5.91 Å². The maximum atomic E-state index is 13.7. The first kappa shape index (κ1) is 27.2. The lowest BCUT2D eigenvalue weighted by molar-refractivity contribution is -0.120. The van der Waals surface area contributed by atoms with Crippen molar-refractivity contribution in [3.63, 3.8) is 0 Å². The average Bonchev–Trinajstić information content (AvgIpc) is 2.74. The SMILES string of the molecule is CC(=O)NC(Cc1cc(F)cc(F)c1)C(O)CNC1c2cc(CC(C)(C)C)ccc2CCC1CO. The quantitative estimate of drug-likeness (QED) is 0.432. The molecule has 4 unspecified atom stereocenters. The fourth-order valence-corrected chi connectivity index (χ4v) is 5.04. The summed E-state index contributed by atoms with van der Waals surface area (Å²) in [6.45, 7) is 8.10. The van der Waals surface area contributed by atoms with Gasteiger partial charge in [-0.05, 0) is 65.5 Å². The Bertz CT molecular complexity index is 1000. The van der Waals surface area contributed by atoms with Gasteiger partial charge in [0.1, 0.15) is 11.6 Å². The van der Waals surface area contributed by atoms with Crippen molar-refractivity contribution in [1.82, 2.24) is 10.6 Å². The van der Waals surface area contributed by atoms with E-state index in [-0.39, 0.29) is 42.9 Å². The molecule has 35 heavy (non-hydrogen) atoms. The van der Waals surface area contributed by atoms with Gasteiger partial charge >= 0.3 is 0 Å². The molecule has 3 rings (SSSR count). The molecule has 0 spiro atoms. The monoisotopic (exact) mass is 488 g/mol. The number of halogens is 2. The molecule has 0 heterocycles. The second kappa shape index (κ2) is 11.6. The van der Waals surface area contributed by atoms with Gasteiger partial charge in [0.15, 0.2) is 0 Å². The fraction of sp³-hybridized carbons (Fsp3) is 0.536. The Labute approximate surface area is 207 Å². The predicted octanol–water partition coefficient (Wildman–Crippen LogP) is 3.85. The summed E-state index contributed by atoms with van der Waals surface area (Å²) in [5, 5.41) is 27.2. The molecule has 7 heteroatoms. The highest BCUT2D eigenvalue weighted by Gasteiger charge is 2.31. The molecule has 4 atom stereocenters. The van der Waals surface area contributed by atoms with Crippen LogP contribution in [0.1, 0.15) is 62.4 Å². The Morgan fingerprint density at radius 3 is 2.40 bits per heavy atom. The molecule has 0 aliphatic heterocycles. The van der Waals surface area contributed by atoms with Gasteiger partial charge in [0.2, 0.25) is 5.91 Å². The minimum Gasteiger partial charge on any atom is -0.396 e. The lowest BCUT2D eigenvalue weighted by atomic mass is 9.78. The number of amides is 1. The Morgan fingerprint density at radius 1 is 1.11 bits per heavy atom. The number of fused-ring (bicyclic) bond motifs is 1. The summed E-state index contributed by atoms with van der Waals surface area (Å²) in [5.74, 6) is -1.75. The molecule has 1 aliphatic rings. The summed E-state index contributed by atoms with van der Waals surface area (Å²) in [7, 11) is 0. The molecule has 0 aromatic heterocycles. The second-order valence-electron chi connectivity index (χ2n) is 11.0. The van der Waals surface area contributed by atoms with Crippen molar-refractivity contribution in [2.75, 3.05) is 13.2 Å². The average molecular weight is 489 g/mol. The summed E-state index contributed by atoms with van der Waals surface area (Å²) in [6, 6.07) is 8.84. The maximum Gasteiger partial charge on any atom is 0.217 e. The van der Waals surface area contributed by atoms with Gasteiger partial charge in [0.25, 0.3) is 0 Å². The molecule has 1 amide bonds. The van der Waals surface area contributed by atoms with Crippen LogP contribution in [0.25, 0.3) is 0 Å².